The lowest BCUT2D eigenvalue weighted by Gasteiger charge is -2.08. The van der Waals surface area contributed by atoms with Crippen LogP contribution in [0.4, 0.5) is 10.7 Å². The lowest BCUT2D eigenvalue weighted by atomic mass is 10.1. The van der Waals surface area contributed by atoms with Gasteiger partial charge in [-0.2, -0.15) is 0 Å². The van der Waals surface area contributed by atoms with Crippen LogP contribution in [0.3, 0.4) is 0 Å². The van der Waals surface area contributed by atoms with Crippen molar-refractivity contribution in [2.45, 2.75) is 32.1 Å². The van der Waals surface area contributed by atoms with Gasteiger partial charge >= 0.3 is 5.97 Å². The molecular weight excluding hydrogens is 356 g/mol. The van der Waals surface area contributed by atoms with Crippen molar-refractivity contribution in [1.29, 1.82) is 0 Å². The number of carbonyl (C=O) groups excluding carboxylic acids is 2. The van der Waals surface area contributed by atoms with E-state index < -0.39 is 16.8 Å². The summed E-state index contributed by atoms with van der Waals surface area (Å²) in [6.45, 7) is 0. The molecule has 3 rings (SSSR count). The highest BCUT2D eigenvalue weighted by atomic mass is 32.1. The Hall–Kier alpha value is -2.74. The standard InChI is InChI=1S/C18H18N2O5S/c1-25-18(22)15-12-8-3-2-4-10-14(12)26-17(15)19-16(21)11-7-5-6-9-13(11)20(23)24/h5-7,9H,2-4,8,10H2,1H3,(H,19,21). The number of nitro benzene ring substituents is 1. The van der Waals surface area contributed by atoms with Crippen molar-refractivity contribution in [3.8, 4) is 0 Å². The molecule has 0 saturated carbocycles. The first-order chi connectivity index (χ1) is 12.5. The number of esters is 1. The highest BCUT2D eigenvalue weighted by Crippen LogP contribution is 2.38. The number of benzene rings is 1. The first kappa shape index (κ1) is 18.1. The molecule has 7 nitrogen and oxygen atoms in total. The quantitative estimate of drug-likeness (QED) is 0.378. The van der Waals surface area contributed by atoms with Gasteiger partial charge in [0, 0.05) is 10.9 Å². The minimum Gasteiger partial charge on any atom is -0.465 e. The summed E-state index contributed by atoms with van der Waals surface area (Å²) in [5.74, 6) is -1.11. The number of thiophene rings is 1. The Morgan fingerprint density at radius 2 is 1.92 bits per heavy atom. The molecule has 8 heteroatoms. The van der Waals surface area contributed by atoms with E-state index in [9.17, 15) is 19.7 Å². The van der Waals surface area contributed by atoms with Gasteiger partial charge in [0.1, 0.15) is 10.6 Å². The van der Waals surface area contributed by atoms with Crippen LogP contribution in [0.2, 0.25) is 0 Å². The summed E-state index contributed by atoms with van der Waals surface area (Å²) in [7, 11) is 1.30. The van der Waals surface area contributed by atoms with Gasteiger partial charge < -0.3 is 10.1 Å². The van der Waals surface area contributed by atoms with E-state index in [0.29, 0.717) is 10.6 Å². The number of para-hydroxylation sites is 1. The summed E-state index contributed by atoms with van der Waals surface area (Å²) in [5.41, 5.74) is 0.984. The van der Waals surface area contributed by atoms with Crippen LogP contribution in [0.1, 0.15) is 50.4 Å². The van der Waals surface area contributed by atoms with Gasteiger partial charge in [-0.1, -0.05) is 18.6 Å². The molecule has 0 radical (unpaired) electrons. The summed E-state index contributed by atoms with van der Waals surface area (Å²) in [6, 6.07) is 5.73. The Bertz CT molecular complexity index is 874. The molecule has 0 saturated heterocycles. The number of hydrogen-bond donors (Lipinski definition) is 1. The predicted octanol–water partition coefficient (Wildman–Crippen LogP) is 3.96. The number of nitrogens with one attached hydrogen (secondary N) is 1. The van der Waals surface area contributed by atoms with E-state index in [4.69, 9.17) is 4.74 Å². The average molecular weight is 374 g/mol. The molecule has 0 fully saturated rings. The maximum atomic E-state index is 12.6. The number of hydrogen-bond acceptors (Lipinski definition) is 6. The second-order valence-electron chi connectivity index (χ2n) is 5.99. The number of rotatable bonds is 4. The Balaban J connectivity index is 1.99. The summed E-state index contributed by atoms with van der Waals surface area (Å²) in [5, 5.41) is 14.2. The molecule has 136 valence electrons. The molecule has 0 bridgehead atoms. The number of nitro groups is 1. The molecule has 0 atom stereocenters. The van der Waals surface area contributed by atoms with Crippen molar-refractivity contribution in [3.05, 3.63) is 55.9 Å². The van der Waals surface area contributed by atoms with Gasteiger partial charge in [-0.25, -0.2) is 4.79 Å². The Kier molecular flexibility index (Phi) is 5.32. The second kappa shape index (κ2) is 7.65. The number of amides is 1. The van der Waals surface area contributed by atoms with Crippen molar-refractivity contribution >= 4 is 33.9 Å². The van der Waals surface area contributed by atoms with Crippen LogP contribution in [0.15, 0.2) is 24.3 Å². The maximum Gasteiger partial charge on any atom is 0.341 e. The molecule has 1 aliphatic carbocycles. The van der Waals surface area contributed by atoms with Crippen LogP contribution in [0, 0.1) is 10.1 Å². The first-order valence-electron chi connectivity index (χ1n) is 8.30. The third-order valence-electron chi connectivity index (χ3n) is 4.38. The fourth-order valence-electron chi connectivity index (χ4n) is 3.14. The molecule has 1 amide bonds. The zero-order valence-corrected chi connectivity index (χ0v) is 15.1. The molecular formula is C18H18N2O5S. The number of ether oxygens (including phenoxy) is 1. The monoisotopic (exact) mass is 374 g/mol. The average Bonchev–Trinajstić information content (AvgIpc) is 2.81. The summed E-state index contributed by atoms with van der Waals surface area (Å²) < 4.78 is 4.90. The highest BCUT2D eigenvalue weighted by Gasteiger charge is 2.28. The van der Waals surface area contributed by atoms with Gasteiger partial charge in [-0.15, -0.1) is 11.3 Å². The molecule has 0 unspecified atom stereocenters. The minimum absolute atomic E-state index is 0.0445. The molecule has 1 aliphatic rings. The summed E-state index contributed by atoms with van der Waals surface area (Å²) in [4.78, 5) is 36.5. The molecule has 1 aromatic carbocycles. The van der Waals surface area contributed by atoms with E-state index in [0.717, 1.165) is 42.5 Å². The van der Waals surface area contributed by atoms with Gasteiger partial charge in [0.15, 0.2) is 0 Å². The molecule has 0 spiro atoms. The first-order valence-corrected chi connectivity index (χ1v) is 9.12. The fourth-order valence-corrected chi connectivity index (χ4v) is 4.42. The number of nitrogens with zero attached hydrogens (tertiary/aromatic N) is 1. The minimum atomic E-state index is -0.612. The van der Waals surface area contributed by atoms with Crippen LogP contribution in [0.5, 0.6) is 0 Å². The molecule has 1 aromatic heterocycles. The largest absolute Gasteiger partial charge is 0.465 e. The SMILES string of the molecule is COC(=O)c1c(NC(=O)c2ccccc2[N+](=O)[O-])sc2c1CCCCC2. The number of methoxy groups -OCH3 is 1. The van der Waals surface area contributed by atoms with Crippen LogP contribution >= 0.6 is 11.3 Å². The lowest BCUT2D eigenvalue weighted by molar-refractivity contribution is -0.385. The van der Waals surface area contributed by atoms with Crippen LogP contribution in [-0.2, 0) is 17.6 Å². The van der Waals surface area contributed by atoms with Crippen molar-refractivity contribution < 1.29 is 19.2 Å². The normalized spacial score (nSPS) is 13.4. The lowest BCUT2D eigenvalue weighted by Crippen LogP contribution is -2.16. The van der Waals surface area contributed by atoms with E-state index in [1.54, 1.807) is 6.07 Å². The Labute approximate surface area is 154 Å². The smallest absolute Gasteiger partial charge is 0.341 e. The van der Waals surface area contributed by atoms with Gasteiger partial charge in [0.05, 0.1) is 17.6 Å². The summed E-state index contributed by atoms with van der Waals surface area (Å²) >= 11 is 1.35. The Morgan fingerprint density at radius 1 is 1.19 bits per heavy atom. The number of anilines is 1. The third-order valence-corrected chi connectivity index (χ3v) is 5.59. The number of carbonyl (C=O) groups is 2. The maximum absolute atomic E-state index is 12.6. The zero-order valence-electron chi connectivity index (χ0n) is 14.2. The van der Waals surface area contributed by atoms with E-state index in [1.165, 1.54) is 36.6 Å². The van der Waals surface area contributed by atoms with E-state index >= 15 is 0 Å². The van der Waals surface area contributed by atoms with Crippen molar-refractivity contribution in [1.82, 2.24) is 0 Å². The van der Waals surface area contributed by atoms with Gasteiger partial charge in [-0.05, 0) is 37.3 Å². The molecule has 0 aliphatic heterocycles. The van der Waals surface area contributed by atoms with Crippen molar-refractivity contribution in [3.63, 3.8) is 0 Å². The molecule has 1 N–H and O–H groups in total. The van der Waals surface area contributed by atoms with Crippen LogP contribution < -0.4 is 5.32 Å². The fraction of sp³-hybridized carbons (Fsp3) is 0.333. The molecule has 26 heavy (non-hydrogen) atoms. The number of aryl methyl sites for hydroxylation is 1. The van der Waals surface area contributed by atoms with Crippen LogP contribution in [0.25, 0.3) is 0 Å². The van der Waals surface area contributed by atoms with E-state index in [-0.39, 0.29) is 11.3 Å². The van der Waals surface area contributed by atoms with Gasteiger partial charge in [0.25, 0.3) is 11.6 Å². The van der Waals surface area contributed by atoms with Crippen molar-refractivity contribution in [2.75, 3.05) is 12.4 Å². The second-order valence-corrected chi connectivity index (χ2v) is 7.09. The Morgan fingerprint density at radius 3 is 2.65 bits per heavy atom. The summed E-state index contributed by atoms with van der Waals surface area (Å²) in [6.07, 6.45) is 4.72. The predicted molar refractivity (Wildman–Crippen MR) is 98.0 cm³/mol. The van der Waals surface area contributed by atoms with E-state index in [1.807, 2.05) is 0 Å². The highest BCUT2D eigenvalue weighted by molar-refractivity contribution is 7.17. The van der Waals surface area contributed by atoms with Crippen molar-refractivity contribution in [2.24, 2.45) is 0 Å². The zero-order chi connectivity index (χ0) is 18.7. The van der Waals surface area contributed by atoms with E-state index in [2.05, 4.69) is 5.32 Å². The molecule has 2 aromatic rings. The van der Waals surface area contributed by atoms with Gasteiger partial charge in [0.2, 0.25) is 0 Å². The third kappa shape index (κ3) is 3.45. The topological polar surface area (TPSA) is 98.5 Å². The van der Waals surface area contributed by atoms with Gasteiger partial charge in [-0.3, -0.25) is 14.9 Å². The van der Waals surface area contributed by atoms with Crippen LogP contribution in [-0.4, -0.2) is 23.9 Å². The molecule has 1 heterocycles. The number of fused-ring (bicyclic) bond motifs is 1.